The van der Waals surface area contributed by atoms with Crippen LogP contribution in [0.15, 0.2) is 42.5 Å². The normalized spacial score (nSPS) is 11.9. The van der Waals surface area contributed by atoms with Gasteiger partial charge in [-0.1, -0.05) is 31.2 Å². The van der Waals surface area contributed by atoms with E-state index in [0.29, 0.717) is 17.1 Å². The smallest absolute Gasteiger partial charge is 0.251 e. The first-order chi connectivity index (χ1) is 11.9. The van der Waals surface area contributed by atoms with Gasteiger partial charge < -0.3 is 14.8 Å². The monoisotopic (exact) mass is 341 g/mol. The van der Waals surface area contributed by atoms with Crippen LogP contribution in [-0.2, 0) is 6.42 Å². The Bertz CT molecular complexity index is 708. The molecule has 0 aliphatic rings. The van der Waals surface area contributed by atoms with Gasteiger partial charge in [0.05, 0.1) is 19.3 Å². The topological polar surface area (TPSA) is 47.6 Å². The molecule has 4 heteroatoms. The first kappa shape index (κ1) is 18.8. The van der Waals surface area contributed by atoms with Crippen LogP contribution < -0.4 is 14.8 Å². The third kappa shape index (κ3) is 4.99. The van der Waals surface area contributed by atoms with Crippen LogP contribution in [0.3, 0.4) is 0 Å². The Morgan fingerprint density at radius 3 is 2.28 bits per heavy atom. The van der Waals surface area contributed by atoms with Crippen molar-refractivity contribution in [2.24, 2.45) is 0 Å². The number of nitrogens with one attached hydrogen (secondary N) is 1. The minimum absolute atomic E-state index is 0.0414. The fourth-order valence-electron chi connectivity index (χ4n) is 2.57. The van der Waals surface area contributed by atoms with Crippen molar-refractivity contribution in [1.82, 2.24) is 5.32 Å². The SMILES string of the molecule is CCc1ccc(C(C)NC(=O)c2ccc(OC(C)C)c(OC)c2)cc1. The predicted molar refractivity (Wildman–Crippen MR) is 100 cm³/mol. The number of benzene rings is 2. The molecule has 1 atom stereocenters. The molecule has 134 valence electrons. The Labute approximate surface area is 150 Å². The van der Waals surface area contributed by atoms with E-state index < -0.39 is 0 Å². The number of aryl methyl sites for hydroxylation is 1. The molecule has 2 rings (SSSR count). The van der Waals surface area contributed by atoms with Gasteiger partial charge in [-0.05, 0) is 56.5 Å². The molecule has 1 amide bonds. The van der Waals surface area contributed by atoms with Gasteiger partial charge in [0.25, 0.3) is 5.91 Å². The summed E-state index contributed by atoms with van der Waals surface area (Å²) >= 11 is 0. The summed E-state index contributed by atoms with van der Waals surface area (Å²) in [5, 5.41) is 3.03. The van der Waals surface area contributed by atoms with Crippen molar-refractivity contribution in [3.8, 4) is 11.5 Å². The van der Waals surface area contributed by atoms with Gasteiger partial charge in [-0.3, -0.25) is 4.79 Å². The second kappa shape index (κ2) is 8.56. The Hall–Kier alpha value is -2.49. The van der Waals surface area contributed by atoms with Gasteiger partial charge in [-0.25, -0.2) is 0 Å². The van der Waals surface area contributed by atoms with Crippen LogP contribution in [0, 0.1) is 0 Å². The lowest BCUT2D eigenvalue weighted by atomic mass is 10.0. The first-order valence-electron chi connectivity index (χ1n) is 8.69. The largest absolute Gasteiger partial charge is 0.493 e. The zero-order valence-corrected chi connectivity index (χ0v) is 15.6. The summed E-state index contributed by atoms with van der Waals surface area (Å²) in [6.45, 7) is 8.00. The van der Waals surface area contributed by atoms with Crippen molar-refractivity contribution < 1.29 is 14.3 Å². The van der Waals surface area contributed by atoms with Gasteiger partial charge in [0, 0.05) is 5.56 Å². The molecular formula is C21H27NO3. The van der Waals surface area contributed by atoms with Crippen molar-refractivity contribution in [1.29, 1.82) is 0 Å². The molecule has 0 heterocycles. The molecule has 0 bridgehead atoms. The van der Waals surface area contributed by atoms with Crippen LogP contribution in [0.1, 0.15) is 55.2 Å². The summed E-state index contributed by atoms with van der Waals surface area (Å²) in [6, 6.07) is 13.5. The average Bonchev–Trinajstić information content (AvgIpc) is 2.61. The molecule has 0 aliphatic heterocycles. The summed E-state index contributed by atoms with van der Waals surface area (Å²) in [4.78, 5) is 12.5. The molecule has 0 aromatic heterocycles. The minimum Gasteiger partial charge on any atom is -0.493 e. The lowest BCUT2D eigenvalue weighted by Crippen LogP contribution is -2.26. The van der Waals surface area contributed by atoms with Crippen LogP contribution >= 0.6 is 0 Å². The Balaban J connectivity index is 2.11. The second-order valence-electron chi connectivity index (χ2n) is 6.32. The van der Waals surface area contributed by atoms with E-state index in [1.165, 1.54) is 5.56 Å². The van der Waals surface area contributed by atoms with E-state index in [2.05, 4.69) is 36.5 Å². The van der Waals surface area contributed by atoms with Crippen LogP contribution in [0.5, 0.6) is 11.5 Å². The van der Waals surface area contributed by atoms with Crippen LogP contribution in [0.2, 0.25) is 0 Å². The number of methoxy groups -OCH3 is 1. The molecule has 25 heavy (non-hydrogen) atoms. The molecule has 0 saturated heterocycles. The van der Waals surface area contributed by atoms with Crippen molar-refractivity contribution in [3.05, 3.63) is 59.2 Å². The zero-order chi connectivity index (χ0) is 18.4. The highest BCUT2D eigenvalue weighted by Gasteiger charge is 2.15. The number of hydrogen-bond acceptors (Lipinski definition) is 3. The van der Waals surface area contributed by atoms with E-state index in [4.69, 9.17) is 9.47 Å². The van der Waals surface area contributed by atoms with Crippen molar-refractivity contribution in [2.45, 2.75) is 46.3 Å². The van der Waals surface area contributed by atoms with Gasteiger partial charge in [0.15, 0.2) is 11.5 Å². The number of hydrogen-bond donors (Lipinski definition) is 1. The van der Waals surface area contributed by atoms with Gasteiger partial charge in [-0.2, -0.15) is 0 Å². The molecule has 0 radical (unpaired) electrons. The molecule has 4 nitrogen and oxygen atoms in total. The first-order valence-corrected chi connectivity index (χ1v) is 8.69. The van der Waals surface area contributed by atoms with Gasteiger partial charge >= 0.3 is 0 Å². The van der Waals surface area contributed by atoms with Crippen molar-refractivity contribution in [3.63, 3.8) is 0 Å². The molecule has 2 aromatic carbocycles. The van der Waals surface area contributed by atoms with E-state index >= 15 is 0 Å². The maximum absolute atomic E-state index is 12.5. The Morgan fingerprint density at radius 2 is 1.72 bits per heavy atom. The fourth-order valence-corrected chi connectivity index (χ4v) is 2.57. The maximum atomic E-state index is 12.5. The van der Waals surface area contributed by atoms with Gasteiger partial charge in [-0.15, -0.1) is 0 Å². The molecular weight excluding hydrogens is 314 g/mol. The highest BCUT2D eigenvalue weighted by molar-refractivity contribution is 5.95. The van der Waals surface area contributed by atoms with Gasteiger partial charge in [0.1, 0.15) is 0 Å². The average molecular weight is 341 g/mol. The van der Waals surface area contributed by atoms with E-state index in [-0.39, 0.29) is 18.1 Å². The van der Waals surface area contributed by atoms with Crippen molar-refractivity contribution >= 4 is 5.91 Å². The highest BCUT2D eigenvalue weighted by atomic mass is 16.5. The Kier molecular flexibility index (Phi) is 6.45. The molecule has 0 spiro atoms. The number of rotatable bonds is 7. The highest BCUT2D eigenvalue weighted by Crippen LogP contribution is 2.29. The number of carbonyl (C=O) groups excluding carboxylic acids is 1. The summed E-state index contributed by atoms with van der Waals surface area (Å²) in [6.07, 6.45) is 1.05. The molecule has 0 fully saturated rings. The van der Waals surface area contributed by atoms with E-state index in [1.54, 1.807) is 25.3 Å². The quantitative estimate of drug-likeness (QED) is 0.804. The number of carbonyl (C=O) groups is 1. The summed E-state index contributed by atoms with van der Waals surface area (Å²) in [5.74, 6) is 1.06. The number of amides is 1. The summed E-state index contributed by atoms with van der Waals surface area (Å²) in [7, 11) is 1.57. The summed E-state index contributed by atoms with van der Waals surface area (Å²) in [5.41, 5.74) is 2.91. The maximum Gasteiger partial charge on any atom is 0.251 e. The Morgan fingerprint density at radius 1 is 1.04 bits per heavy atom. The lowest BCUT2D eigenvalue weighted by molar-refractivity contribution is 0.0939. The fraction of sp³-hybridized carbons (Fsp3) is 0.381. The molecule has 0 saturated carbocycles. The molecule has 0 aliphatic carbocycles. The molecule has 1 N–H and O–H groups in total. The second-order valence-corrected chi connectivity index (χ2v) is 6.32. The third-order valence-corrected chi connectivity index (χ3v) is 4.02. The van der Waals surface area contributed by atoms with Crippen molar-refractivity contribution in [2.75, 3.05) is 7.11 Å². The van der Waals surface area contributed by atoms with Crippen LogP contribution in [0.25, 0.3) is 0 Å². The standard InChI is InChI=1S/C21H27NO3/c1-6-16-7-9-17(10-8-16)15(4)22-21(23)18-11-12-19(25-14(2)3)20(13-18)24-5/h7-15H,6H2,1-5H3,(H,22,23). The van der Waals surface area contributed by atoms with E-state index in [9.17, 15) is 4.79 Å². The molecule has 1 unspecified atom stereocenters. The predicted octanol–water partition coefficient (Wildman–Crippen LogP) is 4.54. The van der Waals surface area contributed by atoms with E-state index in [1.807, 2.05) is 20.8 Å². The zero-order valence-electron chi connectivity index (χ0n) is 15.6. The van der Waals surface area contributed by atoms with Gasteiger partial charge in [0.2, 0.25) is 0 Å². The molecule has 2 aromatic rings. The third-order valence-electron chi connectivity index (χ3n) is 4.02. The minimum atomic E-state index is -0.138. The number of ether oxygens (including phenoxy) is 2. The van der Waals surface area contributed by atoms with E-state index in [0.717, 1.165) is 12.0 Å². The van der Waals surface area contributed by atoms with Crippen LogP contribution in [-0.4, -0.2) is 19.1 Å². The van der Waals surface area contributed by atoms with Crippen LogP contribution in [0.4, 0.5) is 0 Å². The summed E-state index contributed by atoms with van der Waals surface area (Å²) < 4.78 is 11.0. The lowest BCUT2D eigenvalue weighted by Gasteiger charge is -2.17.